The van der Waals surface area contributed by atoms with E-state index in [2.05, 4.69) is 25.6 Å². The van der Waals surface area contributed by atoms with Gasteiger partial charge in [-0.15, -0.1) is 0 Å². The molecule has 0 fully saturated rings. The van der Waals surface area contributed by atoms with Crippen molar-refractivity contribution in [2.45, 2.75) is 4.90 Å². The number of aromatic nitrogens is 2. The minimum atomic E-state index is -3.77. The molecule has 0 saturated heterocycles. The van der Waals surface area contributed by atoms with Crippen LogP contribution in [0.5, 0.6) is 0 Å². The van der Waals surface area contributed by atoms with Crippen LogP contribution < -0.4 is 26.5 Å². The lowest BCUT2D eigenvalue weighted by molar-refractivity contribution is -0.115. The van der Waals surface area contributed by atoms with Crippen LogP contribution in [0.15, 0.2) is 87.3 Å². The molecule has 35 heavy (non-hydrogen) atoms. The van der Waals surface area contributed by atoms with Crippen LogP contribution in [0.25, 0.3) is 10.8 Å². The van der Waals surface area contributed by atoms with Crippen LogP contribution in [0.3, 0.4) is 0 Å². The predicted molar refractivity (Wildman–Crippen MR) is 130 cm³/mol. The number of hydrogen-bond acceptors (Lipinski definition) is 6. The second kappa shape index (κ2) is 9.65. The fourth-order valence-corrected chi connectivity index (χ4v) is 4.37. The average Bonchev–Trinajstić information content (AvgIpc) is 2.86. The van der Waals surface area contributed by atoms with E-state index < -0.39 is 39.5 Å². The molecule has 4 aromatic rings. The molecule has 12 heteroatoms. The lowest BCUT2D eigenvalue weighted by Crippen LogP contribution is -2.33. The quantitative estimate of drug-likeness (QED) is 0.260. The first kappa shape index (κ1) is 23.4. The van der Waals surface area contributed by atoms with Crippen LogP contribution in [0.4, 0.5) is 11.4 Å². The highest BCUT2D eigenvalue weighted by atomic mass is 32.2. The van der Waals surface area contributed by atoms with Gasteiger partial charge in [-0.1, -0.05) is 24.3 Å². The van der Waals surface area contributed by atoms with Crippen LogP contribution in [0.1, 0.15) is 10.4 Å². The van der Waals surface area contributed by atoms with Gasteiger partial charge in [-0.2, -0.15) is 0 Å². The Labute approximate surface area is 198 Å². The summed E-state index contributed by atoms with van der Waals surface area (Å²) >= 11 is 0. The van der Waals surface area contributed by atoms with Gasteiger partial charge in [0.2, 0.25) is 5.91 Å². The van der Waals surface area contributed by atoms with E-state index in [-0.39, 0.29) is 32.6 Å². The van der Waals surface area contributed by atoms with Crippen molar-refractivity contribution >= 4 is 44.0 Å². The third-order valence-corrected chi connectivity index (χ3v) is 6.36. The smallest absolute Gasteiger partial charge is 0.272 e. The monoisotopic (exact) mass is 493 g/mol. The van der Waals surface area contributed by atoms with Gasteiger partial charge in [0.25, 0.3) is 27.0 Å². The number of rotatable bonds is 7. The second-order valence-electron chi connectivity index (χ2n) is 7.36. The van der Waals surface area contributed by atoms with Crippen molar-refractivity contribution in [1.82, 2.24) is 15.5 Å². The number of H-pyrrole nitrogens is 2. The molecule has 0 saturated carbocycles. The van der Waals surface area contributed by atoms with E-state index in [1.54, 1.807) is 18.2 Å². The zero-order valence-corrected chi connectivity index (χ0v) is 18.8. The number of aromatic amines is 2. The van der Waals surface area contributed by atoms with Gasteiger partial charge in [0, 0.05) is 11.3 Å². The normalized spacial score (nSPS) is 11.1. The van der Waals surface area contributed by atoms with Gasteiger partial charge >= 0.3 is 0 Å². The predicted octanol–water partition coefficient (Wildman–Crippen LogP) is 1.39. The maximum Gasteiger partial charge on any atom is 0.272 e. The van der Waals surface area contributed by atoms with Crippen molar-refractivity contribution in [1.29, 1.82) is 0 Å². The first-order chi connectivity index (χ1) is 16.7. The lowest BCUT2D eigenvalue weighted by atomic mass is 10.1. The summed E-state index contributed by atoms with van der Waals surface area (Å²) in [6, 6.07) is 17.9. The molecule has 0 unspecified atom stereocenters. The molecule has 1 heterocycles. The van der Waals surface area contributed by atoms with Crippen LogP contribution in [0, 0.1) is 0 Å². The summed E-state index contributed by atoms with van der Waals surface area (Å²) < 4.78 is 27.2. The summed E-state index contributed by atoms with van der Waals surface area (Å²) in [6.07, 6.45) is 0. The molecule has 0 aliphatic carbocycles. The second-order valence-corrected chi connectivity index (χ2v) is 9.05. The van der Waals surface area contributed by atoms with Crippen molar-refractivity contribution in [2.24, 2.45) is 0 Å². The number of anilines is 2. The van der Waals surface area contributed by atoms with Gasteiger partial charge in [0.05, 0.1) is 27.9 Å². The molecule has 1 aromatic heterocycles. The SMILES string of the molecule is O=C(CNC(=O)c1ccc(NS(=O)(=O)c2ccccc2)cc1)Nc1cccc2c(=O)[nH][nH]c(=O)c12. The molecule has 0 bridgehead atoms. The minimum absolute atomic E-state index is 0.0180. The molecule has 2 amide bonds. The maximum atomic E-state index is 12.4. The van der Waals surface area contributed by atoms with Crippen LogP contribution in [0.2, 0.25) is 0 Å². The van der Waals surface area contributed by atoms with Crippen LogP contribution >= 0.6 is 0 Å². The largest absolute Gasteiger partial charge is 0.343 e. The first-order valence-corrected chi connectivity index (χ1v) is 11.7. The highest BCUT2D eigenvalue weighted by Crippen LogP contribution is 2.17. The zero-order chi connectivity index (χ0) is 25.0. The molecular weight excluding hydrogens is 474 g/mol. The van der Waals surface area contributed by atoms with E-state index in [9.17, 15) is 27.6 Å². The molecule has 11 nitrogen and oxygen atoms in total. The van der Waals surface area contributed by atoms with Gasteiger partial charge in [-0.05, 0) is 48.5 Å². The lowest BCUT2D eigenvalue weighted by Gasteiger charge is -2.10. The Kier molecular flexibility index (Phi) is 6.46. The standard InChI is InChI=1S/C23H19N5O6S/c29-19(25-18-8-4-7-17-20(18)23(32)27-26-22(17)31)13-24-21(30)14-9-11-15(12-10-14)28-35(33,34)16-5-2-1-3-6-16/h1-12,28H,13H2,(H,24,30)(H,25,29)(H,26,31)(H,27,32). The average molecular weight is 494 g/mol. The summed E-state index contributed by atoms with van der Waals surface area (Å²) in [5, 5.41) is 9.48. The van der Waals surface area contributed by atoms with E-state index in [1.165, 1.54) is 54.6 Å². The molecular formula is C23H19N5O6S. The molecule has 0 aliphatic rings. The highest BCUT2D eigenvalue weighted by Gasteiger charge is 2.15. The molecule has 0 aliphatic heterocycles. The molecule has 0 radical (unpaired) electrons. The molecule has 5 N–H and O–H groups in total. The molecule has 0 atom stereocenters. The summed E-state index contributed by atoms with van der Waals surface area (Å²) in [7, 11) is -3.77. The Hall–Kier alpha value is -4.71. The van der Waals surface area contributed by atoms with Crippen molar-refractivity contribution in [3.05, 3.63) is 99.1 Å². The summed E-state index contributed by atoms with van der Waals surface area (Å²) in [6.45, 7) is -0.404. The van der Waals surface area contributed by atoms with E-state index in [4.69, 9.17) is 0 Å². The third-order valence-electron chi connectivity index (χ3n) is 4.96. The Balaban J connectivity index is 1.38. The fraction of sp³-hybridized carbons (Fsp3) is 0.0435. The Bertz CT molecular complexity index is 1630. The number of amides is 2. The number of nitrogens with one attached hydrogen (secondary N) is 5. The maximum absolute atomic E-state index is 12.4. The third kappa shape index (κ3) is 5.28. The summed E-state index contributed by atoms with van der Waals surface area (Å²) in [5.41, 5.74) is -0.502. The van der Waals surface area contributed by atoms with Crippen LogP contribution in [-0.4, -0.2) is 37.0 Å². The van der Waals surface area contributed by atoms with E-state index >= 15 is 0 Å². The highest BCUT2D eigenvalue weighted by molar-refractivity contribution is 7.92. The molecule has 3 aromatic carbocycles. The first-order valence-electron chi connectivity index (χ1n) is 10.2. The number of hydrogen-bond donors (Lipinski definition) is 5. The van der Waals surface area contributed by atoms with Crippen LogP contribution in [-0.2, 0) is 14.8 Å². The molecule has 178 valence electrons. The minimum Gasteiger partial charge on any atom is -0.343 e. The van der Waals surface area contributed by atoms with E-state index in [0.29, 0.717) is 0 Å². The number of benzene rings is 3. The van der Waals surface area contributed by atoms with E-state index in [0.717, 1.165) is 0 Å². The van der Waals surface area contributed by atoms with Crippen molar-refractivity contribution in [2.75, 3.05) is 16.6 Å². The number of carbonyl (C=O) groups is 2. The summed E-state index contributed by atoms with van der Waals surface area (Å²) in [5.74, 6) is -1.18. The Morgan fingerprint density at radius 1 is 0.800 bits per heavy atom. The van der Waals surface area contributed by atoms with E-state index in [1.807, 2.05) is 0 Å². The molecule has 4 rings (SSSR count). The zero-order valence-electron chi connectivity index (χ0n) is 18.0. The Morgan fingerprint density at radius 2 is 1.49 bits per heavy atom. The van der Waals surface area contributed by atoms with Crippen molar-refractivity contribution in [3.8, 4) is 0 Å². The van der Waals surface area contributed by atoms with Gasteiger partial charge in [-0.25, -0.2) is 8.42 Å². The van der Waals surface area contributed by atoms with Gasteiger partial charge in [0.15, 0.2) is 0 Å². The number of carbonyl (C=O) groups excluding carboxylic acids is 2. The number of fused-ring (bicyclic) bond motifs is 1. The van der Waals surface area contributed by atoms with Crippen molar-refractivity contribution < 1.29 is 18.0 Å². The summed E-state index contributed by atoms with van der Waals surface area (Å²) in [4.78, 5) is 48.8. The van der Waals surface area contributed by atoms with Gasteiger partial charge in [0.1, 0.15) is 0 Å². The number of sulfonamides is 1. The van der Waals surface area contributed by atoms with Crippen molar-refractivity contribution in [3.63, 3.8) is 0 Å². The Morgan fingerprint density at radius 3 is 2.20 bits per heavy atom. The fourth-order valence-electron chi connectivity index (χ4n) is 3.29. The van der Waals surface area contributed by atoms with Gasteiger partial charge < -0.3 is 10.6 Å². The van der Waals surface area contributed by atoms with Gasteiger partial charge in [-0.3, -0.25) is 34.1 Å². The molecule has 0 spiro atoms. The topological polar surface area (TPSA) is 170 Å².